The number of nitrogens with one attached hydrogen (secondary N) is 1. The first-order chi connectivity index (χ1) is 10.2. The monoisotopic (exact) mass is 283 g/mol. The van der Waals surface area contributed by atoms with Gasteiger partial charge in [-0.15, -0.1) is 0 Å². The Bertz CT molecular complexity index is 753. The first-order valence-corrected chi connectivity index (χ1v) is 6.75. The highest BCUT2D eigenvalue weighted by Crippen LogP contribution is 2.09. The van der Waals surface area contributed by atoms with Crippen molar-refractivity contribution in [2.45, 2.75) is 20.0 Å². The normalized spacial score (nSPS) is 11.0. The molecule has 0 bridgehead atoms. The van der Waals surface area contributed by atoms with E-state index in [2.05, 4.69) is 20.4 Å². The second-order valence-electron chi connectivity index (χ2n) is 4.86. The Balaban J connectivity index is 1.63. The SMILES string of the molecule is COc1cc(CNCc2cnc3cc(C)nn3c2)ccn1. The third-order valence-corrected chi connectivity index (χ3v) is 3.16. The zero-order valence-corrected chi connectivity index (χ0v) is 12.1. The summed E-state index contributed by atoms with van der Waals surface area (Å²) in [5.74, 6) is 0.629. The van der Waals surface area contributed by atoms with Gasteiger partial charge in [-0.3, -0.25) is 0 Å². The number of aromatic nitrogens is 4. The molecular weight excluding hydrogens is 266 g/mol. The Hall–Kier alpha value is -2.47. The van der Waals surface area contributed by atoms with E-state index in [1.165, 1.54) is 0 Å². The molecule has 3 aromatic heterocycles. The number of rotatable bonds is 5. The minimum atomic E-state index is 0.629. The van der Waals surface area contributed by atoms with Crippen molar-refractivity contribution in [3.05, 3.63) is 53.6 Å². The van der Waals surface area contributed by atoms with Crippen molar-refractivity contribution in [3.8, 4) is 5.88 Å². The average molecular weight is 283 g/mol. The van der Waals surface area contributed by atoms with Gasteiger partial charge in [0.05, 0.1) is 12.8 Å². The van der Waals surface area contributed by atoms with Gasteiger partial charge in [-0.25, -0.2) is 14.5 Å². The summed E-state index contributed by atoms with van der Waals surface area (Å²) in [6.07, 6.45) is 5.61. The molecule has 3 rings (SSSR count). The van der Waals surface area contributed by atoms with Gasteiger partial charge in [0, 0.05) is 49.4 Å². The molecule has 0 saturated carbocycles. The van der Waals surface area contributed by atoms with E-state index in [1.807, 2.05) is 42.0 Å². The van der Waals surface area contributed by atoms with Crippen LogP contribution in [0, 0.1) is 6.92 Å². The molecule has 21 heavy (non-hydrogen) atoms. The molecule has 6 heteroatoms. The number of hydrogen-bond donors (Lipinski definition) is 1. The Labute approximate surface area is 122 Å². The fraction of sp³-hybridized carbons (Fsp3) is 0.267. The molecular formula is C15H17N5O. The van der Waals surface area contributed by atoms with Gasteiger partial charge in [0.25, 0.3) is 0 Å². The van der Waals surface area contributed by atoms with Crippen LogP contribution in [-0.2, 0) is 13.1 Å². The Morgan fingerprint density at radius 3 is 2.90 bits per heavy atom. The van der Waals surface area contributed by atoms with E-state index in [-0.39, 0.29) is 0 Å². The molecule has 0 aromatic carbocycles. The van der Waals surface area contributed by atoms with Crippen molar-refractivity contribution in [1.29, 1.82) is 0 Å². The second-order valence-corrected chi connectivity index (χ2v) is 4.86. The summed E-state index contributed by atoms with van der Waals surface area (Å²) in [6.45, 7) is 3.44. The Morgan fingerprint density at radius 2 is 2.05 bits per heavy atom. The molecule has 0 saturated heterocycles. The minimum absolute atomic E-state index is 0.629. The van der Waals surface area contributed by atoms with Crippen LogP contribution >= 0.6 is 0 Å². The van der Waals surface area contributed by atoms with Crippen LogP contribution in [0.2, 0.25) is 0 Å². The lowest BCUT2D eigenvalue weighted by atomic mass is 10.2. The van der Waals surface area contributed by atoms with Gasteiger partial charge in [0.15, 0.2) is 5.65 Å². The van der Waals surface area contributed by atoms with Gasteiger partial charge < -0.3 is 10.1 Å². The van der Waals surface area contributed by atoms with E-state index in [0.717, 1.165) is 35.6 Å². The minimum Gasteiger partial charge on any atom is -0.481 e. The molecule has 0 unspecified atom stereocenters. The highest BCUT2D eigenvalue weighted by molar-refractivity contribution is 5.38. The van der Waals surface area contributed by atoms with Crippen LogP contribution in [0.1, 0.15) is 16.8 Å². The maximum absolute atomic E-state index is 5.11. The van der Waals surface area contributed by atoms with E-state index in [4.69, 9.17) is 4.74 Å². The van der Waals surface area contributed by atoms with E-state index < -0.39 is 0 Å². The first kappa shape index (κ1) is 13.5. The molecule has 0 aliphatic heterocycles. The summed E-state index contributed by atoms with van der Waals surface area (Å²) >= 11 is 0. The Morgan fingerprint density at radius 1 is 1.19 bits per heavy atom. The van der Waals surface area contributed by atoms with Gasteiger partial charge in [0.1, 0.15) is 0 Å². The average Bonchev–Trinajstić information content (AvgIpc) is 2.87. The van der Waals surface area contributed by atoms with Crippen molar-refractivity contribution >= 4 is 5.65 Å². The summed E-state index contributed by atoms with van der Waals surface area (Å²) in [5, 5.41) is 7.74. The Kier molecular flexibility index (Phi) is 3.79. The number of aryl methyl sites for hydroxylation is 1. The number of pyridine rings is 1. The molecule has 108 valence electrons. The van der Waals surface area contributed by atoms with Crippen molar-refractivity contribution < 1.29 is 4.74 Å². The van der Waals surface area contributed by atoms with Crippen LogP contribution < -0.4 is 10.1 Å². The molecule has 0 fully saturated rings. The maximum atomic E-state index is 5.11. The highest BCUT2D eigenvalue weighted by atomic mass is 16.5. The smallest absolute Gasteiger partial charge is 0.213 e. The number of fused-ring (bicyclic) bond motifs is 1. The van der Waals surface area contributed by atoms with Crippen molar-refractivity contribution in [2.75, 3.05) is 7.11 Å². The van der Waals surface area contributed by atoms with E-state index in [1.54, 1.807) is 13.3 Å². The molecule has 0 aliphatic rings. The summed E-state index contributed by atoms with van der Waals surface area (Å²) in [7, 11) is 1.62. The van der Waals surface area contributed by atoms with Crippen LogP contribution in [0.15, 0.2) is 36.8 Å². The zero-order chi connectivity index (χ0) is 14.7. The summed E-state index contributed by atoms with van der Waals surface area (Å²) in [6, 6.07) is 5.85. The lowest BCUT2D eigenvalue weighted by Gasteiger charge is -2.06. The van der Waals surface area contributed by atoms with E-state index in [9.17, 15) is 0 Å². The predicted octanol–water partition coefficient (Wildman–Crippen LogP) is 1.73. The third kappa shape index (κ3) is 3.17. The quantitative estimate of drug-likeness (QED) is 0.772. The van der Waals surface area contributed by atoms with Gasteiger partial charge in [-0.2, -0.15) is 5.10 Å². The topological polar surface area (TPSA) is 64.3 Å². The fourth-order valence-corrected chi connectivity index (χ4v) is 2.15. The van der Waals surface area contributed by atoms with Crippen molar-refractivity contribution in [1.82, 2.24) is 24.9 Å². The van der Waals surface area contributed by atoms with E-state index >= 15 is 0 Å². The lowest BCUT2D eigenvalue weighted by Crippen LogP contribution is -2.13. The van der Waals surface area contributed by atoms with Crippen LogP contribution in [0.25, 0.3) is 5.65 Å². The molecule has 3 aromatic rings. The number of ether oxygens (including phenoxy) is 1. The van der Waals surface area contributed by atoms with Gasteiger partial charge in [-0.05, 0) is 18.6 Å². The lowest BCUT2D eigenvalue weighted by molar-refractivity contribution is 0.397. The number of nitrogens with zero attached hydrogens (tertiary/aromatic N) is 4. The standard InChI is InChI=1S/C15H17N5O/c1-11-5-14-18-9-13(10-20(14)19-11)8-16-7-12-3-4-17-15(6-12)21-2/h3-6,9-10,16H,7-8H2,1-2H3. The largest absolute Gasteiger partial charge is 0.481 e. The summed E-state index contributed by atoms with van der Waals surface area (Å²) in [5.41, 5.74) is 4.06. The van der Waals surface area contributed by atoms with E-state index in [0.29, 0.717) is 5.88 Å². The van der Waals surface area contributed by atoms with Gasteiger partial charge in [0.2, 0.25) is 5.88 Å². The molecule has 0 atom stereocenters. The van der Waals surface area contributed by atoms with Crippen LogP contribution in [0.3, 0.4) is 0 Å². The highest BCUT2D eigenvalue weighted by Gasteiger charge is 2.01. The fourth-order valence-electron chi connectivity index (χ4n) is 2.15. The number of methoxy groups -OCH3 is 1. The van der Waals surface area contributed by atoms with Crippen LogP contribution in [0.5, 0.6) is 5.88 Å². The second kappa shape index (κ2) is 5.88. The summed E-state index contributed by atoms with van der Waals surface area (Å²) in [4.78, 5) is 8.47. The first-order valence-electron chi connectivity index (χ1n) is 6.75. The van der Waals surface area contributed by atoms with Crippen LogP contribution in [-0.4, -0.2) is 26.7 Å². The molecule has 0 radical (unpaired) electrons. The summed E-state index contributed by atoms with van der Waals surface area (Å²) < 4.78 is 6.92. The predicted molar refractivity (Wildman–Crippen MR) is 79.1 cm³/mol. The number of hydrogen-bond acceptors (Lipinski definition) is 5. The van der Waals surface area contributed by atoms with Crippen molar-refractivity contribution in [2.24, 2.45) is 0 Å². The zero-order valence-electron chi connectivity index (χ0n) is 12.1. The molecule has 0 amide bonds. The third-order valence-electron chi connectivity index (χ3n) is 3.16. The van der Waals surface area contributed by atoms with Gasteiger partial charge >= 0.3 is 0 Å². The maximum Gasteiger partial charge on any atom is 0.213 e. The van der Waals surface area contributed by atoms with Crippen LogP contribution in [0.4, 0.5) is 0 Å². The molecule has 3 heterocycles. The molecule has 0 spiro atoms. The van der Waals surface area contributed by atoms with Gasteiger partial charge in [-0.1, -0.05) is 0 Å². The molecule has 6 nitrogen and oxygen atoms in total. The van der Waals surface area contributed by atoms with Crippen molar-refractivity contribution in [3.63, 3.8) is 0 Å². The molecule has 1 N–H and O–H groups in total. The molecule has 0 aliphatic carbocycles.